The van der Waals surface area contributed by atoms with E-state index in [1.54, 1.807) is 31.2 Å². The minimum absolute atomic E-state index is 0.132. The number of rotatable bonds is 10. The van der Waals surface area contributed by atoms with Crippen molar-refractivity contribution in [3.8, 4) is 5.75 Å². The minimum Gasteiger partial charge on any atom is -0.466 e. The third-order valence-electron chi connectivity index (χ3n) is 3.31. The number of benzene rings is 1. The quantitative estimate of drug-likeness (QED) is 0.284. The van der Waals surface area contributed by atoms with Crippen LogP contribution in [0.25, 0.3) is 0 Å². The molecule has 1 aromatic carbocycles. The molecule has 5 nitrogen and oxygen atoms in total. The van der Waals surface area contributed by atoms with Crippen LogP contribution >= 0.6 is 0 Å². The Kier molecular flexibility index (Phi) is 8.65. The SMILES string of the molecule is CCOC(=O)CCCCCCC(=O)Oc1ccccc1C(C)=O. The molecule has 0 spiro atoms. The Labute approximate surface area is 137 Å². The molecule has 0 N–H and O–H groups in total. The molecule has 0 saturated heterocycles. The summed E-state index contributed by atoms with van der Waals surface area (Å²) in [5.41, 5.74) is 0.412. The van der Waals surface area contributed by atoms with Gasteiger partial charge in [-0.3, -0.25) is 14.4 Å². The van der Waals surface area contributed by atoms with E-state index in [9.17, 15) is 14.4 Å². The van der Waals surface area contributed by atoms with Crippen molar-refractivity contribution in [1.82, 2.24) is 0 Å². The van der Waals surface area contributed by atoms with Gasteiger partial charge in [0.15, 0.2) is 5.78 Å². The Balaban J connectivity index is 2.23. The van der Waals surface area contributed by atoms with Gasteiger partial charge in [-0.15, -0.1) is 0 Å². The highest BCUT2D eigenvalue weighted by molar-refractivity contribution is 5.97. The minimum atomic E-state index is -0.343. The lowest BCUT2D eigenvalue weighted by Gasteiger charge is -2.07. The van der Waals surface area contributed by atoms with Crippen LogP contribution in [0, 0.1) is 0 Å². The van der Waals surface area contributed by atoms with E-state index < -0.39 is 0 Å². The van der Waals surface area contributed by atoms with Gasteiger partial charge in [-0.05, 0) is 38.8 Å². The van der Waals surface area contributed by atoms with Crippen LogP contribution in [-0.2, 0) is 14.3 Å². The Bertz CT molecular complexity index is 536. The van der Waals surface area contributed by atoms with Crippen molar-refractivity contribution in [2.45, 2.75) is 52.4 Å². The molecule has 23 heavy (non-hydrogen) atoms. The highest BCUT2D eigenvalue weighted by Gasteiger charge is 2.11. The Hall–Kier alpha value is -2.17. The standard InChI is InChI=1S/C18H24O5/c1-3-22-17(20)12-6-4-5-7-13-18(21)23-16-11-9-8-10-15(16)14(2)19/h8-11H,3-7,12-13H2,1-2H3. The van der Waals surface area contributed by atoms with Gasteiger partial charge in [0.2, 0.25) is 0 Å². The second-order valence-electron chi connectivity index (χ2n) is 5.25. The van der Waals surface area contributed by atoms with E-state index in [0.29, 0.717) is 37.2 Å². The maximum atomic E-state index is 11.8. The summed E-state index contributed by atoms with van der Waals surface area (Å²) in [4.78, 5) is 34.4. The van der Waals surface area contributed by atoms with E-state index in [-0.39, 0.29) is 17.7 Å². The number of unbranched alkanes of at least 4 members (excludes halogenated alkanes) is 3. The molecule has 0 saturated carbocycles. The summed E-state index contributed by atoms with van der Waals surface area (Å²) < 4.78 is 10.1. The summed E-state index contributed by atoms with van der Waals surface area (Å²) >= 11 is 0. The van der Waals surface area contributed by atoms with Gasteiger partial charge in [0.1, 0.15) is 5.75 Å². The molecular weight excluding hydrogens is 296 g/mol. The van der Waals surface area contributed by atoms with Crippen LogP contribution in [0.4, 0.5) is 0 Å². The van der Waals surface area contributed by atoms with E-state index in [1.165, 1.54) is 6.92 Å². The highest BCUT2D eigenvalue weighted by atomic mass is 16.5. The zero-order valence-corrected chi connectivity index (χ0v) is 13.8. The first kappa shape index (κ1) is 18.9. The maximum absolute atomic E-state index is 11.8. The molecular formula is C18H24O5. The number of esters is 2. The average Bonchev–Trinajstić information content (AvgIpc) is 2.51. The number of para-hydroxylation sites is 1. The van der Waals surface area contributed by atoms with Crippen molar-refractivity contribution >= 4 is 17.7 Å². The van der Waals surface area contributed by atoms with Crippen LogP contribution in [0.5, 0.6) is 5.75 Å². The predicted octanol–water partition coefficient (Wildman–Crippen LogP) is 3.70. The largest absolute Gasteiger partial charge is 0.466 e. The average molecular weight is 320 g/mol. The fraction of sp³-hybridized carbons (Fsp3) is 0.500. The van der Waals surface area contributed by atoms with Crippen LogP contribution in [-0.4, -0.2) is 24.3 Å². The van der Waals surface area contributed by atoms with Crippen molar-refractivity contribution in [3.05, 3.63) is 29.8 Å². The molecule has 0 bridgehead atoms. The summed E-state index contributed by atoms with van der Waals surface area (Å²) in [6.45, 7) is 3.64. The van der Waals surface area contributed by atoms with Gasteiger partial charge in [0.05, 0.1) is 12.2 Å². The molecule has 1 rings (SSSR count). The Morgan fingerprint density at radius 2 is 1.52 bits per heavy atom. The first-order valence-corrected chi connectivity index (χ1v) is 8.00. The molecule has 0 unspecified atom stereocenters. The monoisotopic (exact) mass is 320 g/mol. The second kappa shape index (κ2) is 10.5. The number of ether oxygens (including phenoxy) is 2. The normalized spacial score (nSPS) is 10.2. The summed E-state index contributed by atoms with van der Waals surface area (Å²) in [7, 11) is 0. The molecule has 0 radical (unpaired) electrons. The summed E-state index contributed by atoms with van der Waals surface area (Å²) in [6, 6.07) is 6.72. The van der Waals surface area contributed by atoms with Crippen LogP contribution in [0.1, 0.15) is 62.7 Å². The van der Waals surface area contributed by atoms with Gasteiger partial charge in [-0.1, -0.05) is 25.0 Å². The first-order valence-electron chi connectivity index (χ1n) is 8.00. The van der Waals surface area contributed by atoms with E-state index in [0.717, 1.165) is 19.3 Å². The second-order valence-corrected chi connectivity index (χ2v) is 5.25. The predicted molar refractivity (Wildman–Crippen MR) is 86.4 cm³/mol. The van der Waals surface area contributed by atoms with Crippen LogP contribution in [0.15, 0.2) is 24.3 Å². The van der Waals surface area contributed by atoms with Crippen molar-refractivity contribution in [3.63, 3.8) is 0 Å². The number of hydrogen-bond donors (Lipinski definition) is 0. The third-order valence-corrected chi connectivity index (χ3v) is 3.31. The molecule has 0 amide bonds. The summed E-state index contributed by atoms with van der Waals surface area (Å²) in [5.74, 6) is -0.337. The molecule has 0 aliphatic carbocycles. The van der Waals surface area contributed by atoms with Crippen molar-refractivity contribution < 1.29 is 23.9 Å². The van der Waals surface area contributed by atoms with Crippen molar-refractivity contribution in [2.24, 2.45) is 0 Å². The first-order chi connectivity index (χ1) is 11.0. The molecule has 0 atom stereocenters. The van der Waals surface area contributed by atoms with Crippen molar-refractivity contribution in [1.29, 1.82) is 0 Å². The van der Waals surface area contributed by atoms with Crippen molar-refractivity contribution in [2.75, 3.05) is 6.61 Å². The molecule has 0 aliphatic heterocycles. The zero-order chi connectivity index (χ0) is 17.1. The van der Waals surface area contributed by atoms with Crippen LogP contribution in [0.3, 0.4) is 0 Å². The summed E-state index contributed by atoms with van der Waals surface area (Å²) in [5, 5.41) is 0. The maximum Gasteiger partial charge on any atom is 0.311 e. The fourth-order valence-corrected chi connectivity index (χ4v) is 2.15. The number of hydrogen-bond acceptors (Lipinski definition) is 5. The summed E-state index contributed by atoms with van der Waals surface area (Å²) in [6.07, 6.45) is 3.90. The smallest absolute Gasteiger partial charge is 0.311 e. The van der Waals surface area contributed by atoms with E-state index in [2.05, 4.69) is 0 Å². The fourth-order valence-electron chi connectivity index (χ4n) is 2.15. The van der Waals surface area contributed by atoms with Gasteiger partial charge >= 0.3 is 11.9 Å². The Morgan fingerprint density at radius 1 is 0.913 bits per heavy atom. The lowest BCUT2D eigenvalue weighted by molar-refractivity contribution is -0.143. The molecule has 0 aliphatic rings. The topological polar surface area (TPSA) is 69.7 Å². The van der Waals surface area contributed by atoms with E-state index in [4.69, 9.17) is 9.47 Å². The molecule has 0 aromatic heterocycles. The van der Waals surface area contributed by atoms with E-state index in [1.807, 2.05) is 0 Å². The number of ketones is 1. The lowest BCUT2D eigenvalue weighted by Crippen LogP contribution is -2.10. The van der Waals surface area contributed by atoms with Crippen LogP contribution in [0.2, 0.25) is 0 Å². The third kappa shape index (κ3) is 7.58. The van der Waals surface area contributed by atoms with Gasteiger partial charge in [-0.2, -0.15) is 0 Å². The zero-order valence-electron chi connectivity index (χ0n) is 13.8. The number of carbonyl (C=O) groups is 3. The number of Topliss-reactive ketones (excluding diaryl/α,β-unsaturated/α-hetero) is 1. The molecule has 1 aromatic rings. The van der Waals surface area contributed by atoms with Gasteiger partial charge in [0.25, 0.3) is 0 Å². The molecule has 5 heteroatoms. The van der Waals surface area contributed by atoms with Gasteiger partial charge in [0, 0.05) is 12.8 Å². The Morgan fingerprint density at radius 3 is 2.13 bits per heavy atom. The highest BCUT2D eigenvalue weighted by Crippen LogP contribution is 2.19. The van der Waals surface area contributed by atoms with Gasteiger partial charge < -0.3 is 9.47 Å². The molecule has 126 valence electrons. The molecule has 0 heterocycles. The van der Waals surface area contributed by atoms with E-state index >= 15 is 0 Å². The number of carbonyl (C=O) groups excluding carboxylic acids is 3. The lowest BCUT2D eigenvalue weighted by atomic mass is 10.1. The van der Waals surface area contributed by atoms with Gasteiger partial charge in [-0.25, -0.2) is 0 Å². The molecule has 0 fully saturated rings. The van der Waals surface area contributed by atoms with Crippen LogP contribution < -0.4 is 4.74 Å².